The average Bonchev–Trinajstić information content (AvgIpc) is 2.95. The molecule has 0 aromatic heterocycles. The first-order valence-corrected chi connectivity index (χ1v) is 10.2. The minimum atomic E-state index is 0.0487. The number of piperazine rings is 1. The van der Waals surface area contributed by atoms with Gasteiger partial charge in [0.25, 0.3) is 0 Å². The third-order valence-corrected chi connectivity index (χ3v) is 5.94. The molecule has 2 aliphatic rings. The number of anilines is 1. The third kappa shape index (κ3) is 5.17. The van der Waals surface area contributed by atoms with Crippen LogP contribution < -0.4 is 9.64 Å². The highest BCUT2D eigenvalue weighted by Crippen LogP contribution is 2.28. The first kappa shape index (κ1) is 18.6. The molecule has 0 atom stereocenters. The second-order valence-corrected chi connectivity index (χ2v) is 8.09. The molecule has 2 heterocycles. The van der Waals surface area contributed by atoms with E-state index >= 15 is 0 Å². The molecule has 5 nitrogen and oxygen atoms in total. The van der Waals surface area contributed by atoms with E-state index in [9.17, 15) is 4.79 Å². The molecule has 1 amide bonds. The van der Waals surface area contributed by atoms with Crippen molar-refractivity contribution in [2.75, 3.05) is 57.0 Å². The van der Waals surface area contributed by atoms with Gasteiger partial charge in [-0.15, -0.1) is 0 Å². The second-order valence-electron chi connectivity index (χ2n) is 6.48. The highest BCUT2D eigenvalue weighted by molar-refractivity contribution is 8.24. The quantitative estimate of drug-likeness (QED) is 0.535. The molecule has 0 N–H and O–H groups in total. The van der Waals surface area contributed by atoms with Crippen molar-refractivity contribution < 1.29 is 9.53 Å². The van der Waals surface area contributed by atoms with Crippen LogP contribution in [-0.4, -0.2) is 72.2 Å². The van der Waals surface area contributed by atoms with E-state index in [1.165, 1.54) is 37.9 Å². The van der Waals surface area contributed by atoms with Crippen LogP contribution in [0.4, 0.5) is 5.69 Å². The van der Waals surface area contributed by atoms with Crippen LogP contribution in [0.3, 0.4) is 0 Å². The van der Waals surface area contributed by atoms with Crippen molar-refractivity contribution in [1.82, 2.24) is 9.80 Å². The lowest BCUT2D eigenvalue weighted by molar-refractivity contribution is -0.115. The molecule has 0 radical (unpaired) electrons. The predicted molar refractivity (Wildman–Crippen MR) is 108 cm³/mol. The summed E-state index contributed by atoms with van der Waals surface area (Å²) >= 11 is 6.64. The summed E-state index contributed by atoms with van der Waals surface area (Å²) in [4.78, 5) is 18.3. The number of carbonyl (C=O) groups is 1. The van der Waals surface area contributed by atoms with Gasteiger partial charge in [0.05, 0.1) is 18.0 Å². The Kier molecular flexibility index (Phi) is 6.70. The molecule has 7 heteroatoms. The molecule has 1 aromatic rings. The number of likely N-dealkylation sites (N-methyl/N-ethyl adjacent to an activating group) is 1. The summed E-state index contributed by atoms with van der Waals surface area (Å²) in [6.07, 6.45) is 2.22. The molecule has 2 aliphatic heterocycles. The van der Waals surface area contributed by atoms with Gasteiger partial charge in [0.2, 0.25) is 5.91 Å². The van der Waals surface area contributed by atoms with Gasteiger partial charge in [-0.2, -0.15) is 0 Å². The minimum absolute atomic E-state index is 0.0487. The van der Waals surface area contributed by atoms with Crippen molar-refractivity contribution in [3.8, 4) is 5.75 Å². The van der Waals surface area contributed by atoms with E-state index < -0.39 is 0 Å². The largest absolute Gasteiger partial charge is 0.494 e. The standard InChI is InChI=1S/C18H25N3O2S2/c1-19-9-11-20(12-10-19)8-2-3-13-23-16-6-4-15(5-7-16)21-17(22)14-25-18(21)24/h4-7H,2-3,8-14H2,1H3. The number of hydrogen-bond acceptors (Lipinski definition) is 6. The van der Waals surface area contributed by atoms with Crippen LogP contribution in [0.25, 0.3) is 0 Å². The van der Waals surface area contributed by atoms with Crippen molar-refractivity contribution in [3.05, 3.63) is 24.3 Å². The van der Waals surface area contributed by atoms with E-state index in [4.69, 9.17) is 17.0 Å². The van der Waals surface area contributed by atoms with Gasteiger partial charge in [0.15, 0.2) is 0 Å². The zero-order valence-electron chi connectivity index (χ0n) is 14.6. The molecule has 0 spiro atoms. The van der Waals surface area contributed by atoms with E-state index in [0.717, 1.165) is 37.4 Å². The summed E-state index contributed by atoms with van der Waals surface area (Å²) in [6, 6.07) is 7.62. The fourth-order valence-corrected chi connectivity index (χ4v) is 4.09. The number of carbonyl (C=O) groups excluding carboxylic acids is 1. The fourth-order valence-electron chi connectivity index (χ4n) is 2.99. The minimum Gasteiger partial charge on any atom is -0.494 e. The number of unbranched alkanes of at least 4 members (excludes halogenated alkanes) is 1. The highest BCUT2D eigenvalue weighted by atomic mass is 32.2. The Morgan fingerprint density at radius 1 is 1.12 bits per heavy atom. The monoisotopic (exact) mass is 379 g/mol. The number of thiocarbonyl (C=S) groups is 1. The Labute approximate surface area is 159 Å². The van der Waals surface area contributed by atoms with Crippen LogP contribution >= 0.6 is 24.0 Å². The van der Waals surface area contributed by atoms with E-state index in [1.54, 1.807) is 4.90 Å². The highest BCUT2D eigenvalue weighted by Gasteiger charge is 2.27. The lowest BCUT2D eigenvalue weighted by Gasteiger charge is -2.32. The van der Waals surface area contributed by atoms with Crippen LogP contribution in [0.15, 0.2) is 24.3 Å². The number of nitrogens with zero attached hydrogens (tertiary/aromatic N) is 3. The number of rotatable bonds is 7. The van der Waals surface area contributed by atoms with Crippen molar-refractivity contribution in [1.29, 1.82) is 0 Å². The number of ether oxygens (including phenoxy) is 1. The molecule has 3 rings (SSSR count). The van der Waals surface area contributed by atoms with Crippen LogP contribution in [-0.2, 0) is 4.79 Å². The Hall–Kier alpha value is -1.15. The fraction of sp³-hybridized carbons (Fsp3) is 0.556. The van der Waals surface area contributed by atoms with Crippen molar-refractivity contribution in [3.63, 3.8) is 0 Å². The Balaban J connectivity index is 1.36. The molecule has 0 aliphatic carbocycles. The SMILES string of the molecule is CN1CCN(CCCCOc2ccc(N3C(=O)CSC3=S)cc2)CC1. The molecular weight excluding hydrogens is 354 g/mol. The van der Waals surface area contributed by atoms with Gasteiger partial charge in [-0.25, -0.2) is 0 Å². The smallest absolute Gasteiger partial charge is 0.243 e. The summed E-state index contributed by atoms with van der Waals surface area (Å²) in [5.74, 6) is 1.32. The van der Waals surface area contributed by atoms with Gasteiger partial charge >= 0.3 is 0 Å². The third-order valence-electron chi connectivity index (χ3n) is 4.58. The summed E-state index contributed by atoms with van der Waals surface area (Å²) in [5, 5.41) is 0. The Morgan fingerprint density at radius 3 is 2.48 bits per heavy atom. The molecule has 0 bridgehead atoms. The van der Waals surface area contributed by atoms with E-state index in [2.05, 4.69) is 16.8 Å². The van der Waals surface area contributed by atoms with Crippen LogP contribution in [0.2, 0.25) is 0 Å². The van der Waals surface area contributed by atoms with E-state index in [0.29, 0.717) is 10.1 Å². The molecule has 2 saturated heterocycles. The first-order chi connectivity index (χ1) is 12.1. The summed E-state index contributed by atoms with van der Waals surface area (Å²) in [5.41, 5.74) is 0.822. The first-order valence-electron chi connectivity index (χ1n) is 8.77. The van der Waals surface area contributed by atoms with E-state index in [-0.39, 0.29) is 5.91 Å². The molecule has 2 fully saturated rings. The topological polar surface area (TPSA) is 36.0 Å². The zero-order valence-corrected chi connectivity index (χ0v) is 16.3. The number of benzene rings is 1. The zero-order chi connectivity index (χ0) is 17.6. The molecule has 0 saturated carbocycles. The van der Waals surface area contributed by atoms with Gasteiger partial charge < -0.3 is 14.5 Å². The van der Waals surface area contributed by atoms with Gasteiger partial charge in [-0.05, 0) is 50.7 Å². The van der Waals surface area contributed by atoms with Crippen LogP contribution in [0.5, 0.6) is 5.75 Å². The van der Waals surface area contributed by atoms with Crippen molar-refractivity contribution in [2.45, 2.75) is 12.8 Å². The van der Waals surface area contributed by atoms with Gasteiger partial charge in [0, 0.05) is 26.2 Å². The maximum atomic E-state index is 11.8. The van der Waals surface area contributed by atoms with Gasteiger partial charge in [-0.1, -0.05) is 24.0 Å². The predicted octanol–water partition coefficient (Wildman–Crippen LogP) is 2.46. The van der Waals surface area contributed by atoms with Crippen molar-refractivity contribution in [2.24, 2.45) is 0 Å². The molecule has 25 heavy (non-hydrogen) atoms. The average molecular weight is 380 g/mol. The maximum Gasteiger partial charge on any atom is 0.243 e. The van der Waals surface area contributed by atoms with E-state index in [1.807, 2.05) is 24.3 Å². The summed E-state index contributed by atoms with van der Waals surface area (Å²) in [6.45, 7) is 6.57. The van der Waals surface area contributed by atoms with Crippen molar-refractivity contribution >= 4 is 39.9 Å². The summed E-state index contributed by atoms with van der Waals surface area (Å²) in [7, 11) is 2.18. The Morgan fingerprint density at radius 2 is 1.84 bits per heavy atom. The van der Waals surface area contributed by atoms with Crippen LogP contribution in [0.1, 0.15) is 12.8 Å². The molecule has 0 unspecified atom stereocenters. The number of hydrogen-bond donors (Lipinski definition) is 0. The molecular formula is C18H25N3O2S2. The van der Waals surface area contributed by atoms with Crippen LogP contribution in [0, 0.1) is 0 Å². The lowest BCUT2D eigenvalue weighted by Crippen LogP contribution is -2.44. The maximum absolute atomic E-state index is 11.8. The molecule has 136 valence electrons. The van der Waals surface area contributed by atoms with Gasteiger partial charge in [-0.3, -0.25) is 9.69 Å². The molecule has 1 aromatic carbocycles. The normalized spacial score (nSPS) is 19.6. The Bertz CT molecular complexity index is 585. The van der Waals surface area contributed by atoms with Gasteiger partial charge in [0.1, 0.15) is 10.1 Å². The summed E-state index contributed by atoms with van der Waals surface area (Å²) < 4.78 is 6.44. The number of amides is 1. The number of thioether (sulfide) groups is 1. The lowest BCUT2D eigenvalue weighted by atomic mass is 10.2. The second kappa shape index (κ2) is 8.98.